The minimum atomic E-state index is -3.59. The molecule has 1 fully saturated rings. The Bertz CT molecular complexity index is 583. The largest absolute Gasteiger partial charge is 0.497 e. The van der Waals surface area contributed by atoms with Crippen molar-refractivity contribution in [1.29, 1.82) is 0 Å². The van der Waals surface area contributed by atoms with Gasteiger partial charge in [-0.25, -0.2) is 8.42 Å². The second kappa shape index (κ2) is 6.64. The summed E-state index contributed by atoms with van der Waals surface area (Å²) in [5.41, 5.74) is 0. The van der Waals surface area contributed by atoms with E-state index in [1.807, 2.05) is 0 Å². The van der Waals surface area contributed by atoms with Gasteiger partial charge >= 0.3 is 0 Å². The summed E-state index contributed by atoms with van der Waals surface area (Å²) in [6.45, 7) is 1.62. The molecule has 0 aliphatic carbocycles. The summed E-state index contributed by atoms with van der Waals surface area (Å²) in [4.78, 5) is 0.166. The van der Waals surface area contributed by atoms with Gasteiger partial charge in [0.2, 0.25) is 10.0 Å². The molecule has 0 aromatic heterocycles. The van der Waals surface area contributed by atoms with Crippen molar-refractivity contribution in [3.63, 3.8) is 0 Å². The summed E-state index contributed by atoms with van der Waals surface area (Å²) in [5.74, 6) is 0.859. The number of methoxy groups -OCH3 is 2. The fraction of sp³-hybridized carbons (Fsp3) is 0.571. The molecule has 2 rings (SSSR count). The molecule has 1 aliphatic rings. The maximum Gasteiger partial charge on any atom is 0.246 e. The van der Waals surface area contributed by atoms with Gasteiger partial charge in [0.15, 0.2) is 0 Å². The van der Waals surface area contributed by atoms with E-state index in [2.05, 4.69) is 5.32 Å². The third kappa shape index (κ3) is 3.30. The third-order valence-corrected chi connectivity index (χ3v) is 5.76. The van der Waals surface area contributed by atoms with Crippen molar-refractivity contribution in [2.45, 2.75) is 23.8 Å². The van der Waals surface area contributed by atoms with Gasteiger partial charge < -0.3 is 14.8 Å². The van der Waals surface area contributed by atoms with Gasteiger partial charge in [-0.05, 0) is 31.5 Å². The first kappa shape index (κ1) is 16.1. The van der Waals surface area contributed by atoms with E-state index >= 15 is 0 Å². The molecule has 0 amide bonds. The van der Waals surface area contributed by atoms with E-state index in [9.17, 15) is 8.42 Å². The number of nitrogens with zero attached hydrogens (tertiary/aromatic N) is 1. The summed E-state index contributed by atoms with van der Waals surface area (Å²) in [5, 5.41) is 3.23. The molecule has 1 aromatic rings. The van der Waals surface area contributed by atoms with Gasteiger partial charge in [-0.2, -0.15) is 4.31 Å². The molecule has 1 heterocycles. The van der Waals surface area contributed by atoms with Crippen LogP contribution in [0.4, 0.5) is 0 Å². The Hall–Kier alpha value is -1.31. The molecule has 0 bridgehead atoms. The number of benzene rings is 1. The van der Waals surface area contributed by atoms with Gasteiger partial charge in [-0.1, -0.05) is 0 Å². The lowest BCUT2D eigenvalue weighted by molar-refractivity contribution is 0.298. The van der Waals surface area contributed by atoms with Crippen LogP contribution in [0, 0.1) is 0 Å². The van der Waals surface area contributed by atoms with Crippen LogP contribution in [0.25, 0.3) is 0 Å². The smallest absolute Gasteiger partial charge is 0.246 e. The molecule has 6 nitrogen and oxygen atoms in total. The molecule has 0 spiro atoms. The molecule has 1 aromatic carbocycles. The second-order valence-electron chi connectivity index (χ2n) is 5.04. The lowest BCUT2D eigenvalue weighted by Crippen LogP contribution is -2.46. The average molecular weight is 314 g/mol. The van der Waals surface area contributed by atoms with Crippen LogP contribution in [-0.4, -0.2) is 53.1 Å². The van der Waals surface area contributed by atoms with E-state index in [0.717, 1.165) is 19.4 Å². The van der Waals surface area contributed by atoms with Crippen molar-refractivity contribution in [2.75, 3.05) is 34.4 Å². The highest BCUT2D eigenvalue weighted by Crippen LogP contribution is 2.31. The van der Waals surface area contributed by atoms with Crippen molar-refractivity contribution >= 4 is 10.0 Å². The number of piperidine rings is 1. The van der Waals surface area contributed by atoms with Gasteiger partial charge in [0.1, 0.15) is 16.4 Å². The molecular formula is C14H22N2O4S. The lowest BCUT2D eigenvalue weighted by atomic mass is 10.1. The van der Waals surface area contributed by atoms with Gasteiger partial charge in [-0.3, -0.25) is 0 Å². The van der Waals surface area contributed by atoms with E-state index < -0.39 is 10.0 Å². The number of nitrogens with one attached hydrogen (secondary N) is 1. The van der Waals surface area contributed by atoms with Crippen LogP contribution in [0.1, 0.15) is 12.8 Å². The Morgan fingerprint density at radius 3 is 2.62 bits per heavy atom. The van der Waals surface area contributed by atoms with Crippen LogP contribution in [-0.2, 0) is 10.0 Å². The van der Waals surface area contributed by atoms with E-state index in [0.29, 0.717) is 18.0 Å². The molecular weight excluding hydrogens is 292 g/mol. The number of rotatable bonds is 5. The first-order valence-electron chi connectivity index (χ1n) is 6.91. The Labute approximate surface area is 126 Å². The molecule has 1 saturated heterocycles. The number of hydrogen-bond acceptors (Lipinski definition) is 5. The monoisotopic (exact) mass is 314 g/mol. The summed E-state index contributed by atoms with van der Waals surface area (Å²) in [7, 11) is 1.01. The average Bonchev–Trinajstić information content (AvgIpc) is 2.54. The lowest BCUT2D eigenvalue weighted by Gasteiger charge is -2.31. The van der Waals surface area contributed by atoms with Gasteiger partial charge in [0.25, 0.3) is 0 Å². The molecule has 1 atom stereocenters. The van der Waals surface area contributed by atoms with E-state index in [1.54, 1.807) is 19.2 Å². The molecule has 0 saturated carbocycles. The third-order valence-electron chi connectivity index (χ3n) is 3.81. The van der Waals surface area contributed by atoms with Crippen molar-refractivity contribution in [3.05, 3.63) is 18.2 Å². The first-order valence-corrected chi connectivity index (χ1v) is 8.35. The van der Waals surface area contributed by atoms with Gasteiger partial charge in [0.05, 0.1) is 14.2 Å². The SMILES string of the molecule is COc1ccc(S(=O)(=O)N(C)C2CCCNC2)c(OC)c1. The van der Waals surface area contributed by atoms with Crippen LogP contribution in [0.3, 0.4) is 0 Å². The van der Waals surface area contributed by atoms with E-state index in [-0.39, 0.29) is 10.9 Å². The fourth-order valence-electron chi connectivity index (χ4n) is 2.48. The van der Waals surface area contributed by atoms with Crippen molar-refractivity contribution < 1.29 is 17.9 Å². The summed E-state index contributed by atoms with van der Waals surface area (Å²) in [6.07, 6.45) is 1.84. The highest BCUT2D eigenvalue weighted by molar-refractivity contribution is 7.89. The Kier molecular flexibility index (Phi) is 5.08. The minimum absolute atomic E-state index is 0.0319. The molecule has 1 N–H and O–H groups in total. The summed E-state index contributed by atoms with van der Waals surface area (Å²) >= 11 is 0. The quantitative estimate of drug-likeness (QED) is 0.881. The Balaban J connectivity index is 2.34. The number of likely N-dealkylation sites (N-methyl/N-ethyl adjacent to an activating group) is 1. The van der Waals surface area contributed by atoms with Crippen molar-refractivity contribution in [2.24, 2.45) is 0 Å². The maximum atomic E-state index is 12.8. The van der Waals surface area contributed by atoms with Crippen LogP contribution >= 0.6 is 0 Å². The van der Waals surface area contributed by atoms with Crippen molar-refractivity contribution in [3.8, 4) is 11.5 Å². The zero-order valence-corrected chi connectivity index (χ0v) is 13.4. The zero-order chi connectivity index (χ0) is 15.5. The van der Waals surface area contributed by atoms with Gasteiger partial charge in [-0.15, -0.1) is 0 Å². The van der Waals surface area contributed by atoms with E-state index in [4.69, 9.17) is 9.47 Å². The highest BCUT2D eigenvalue weighted by Gasteiger charge is 2.31. The molecule has 0 radical (unpaired) electrons. The topological polar surface area (TPSA) is 67.9 Å². The number of ether oxygens (including phenoxy) is 2. The predicted molar refractivity (Wildman–Crippen MR) is 80.4 cm³/mol. The summed E-state index contributed by atoms with van der Waals surface area (Å²) in [6, 6.07) is 4.71. The highest BCUT2D eigenvalue weighted by atomic mass is 32.2. The fourth-order valence-corrected chi connectivity index (χ4v) is 4.00. The Morgan fingerprint density at radius 2 is 2.05 bits per heavy atom. The van der Waals surface area contributed by atoms with Crippen LogP contribution in [0.15, 0.2) is 23.1 Å². The second-order valence-corrected chi connectivity index (χ2v) is 7.00. The first-order chi connectivity index (χ1) is 10.0. The van der Waals surface area contributed by atoms with E-state index in [1.165, 1.54) is 24.6 Å². The maximum absolute atomic E-state index is 12.8. The normalized spacial score (nSPS) is 19.5. The van der Waals surface area contributed by atoms with Crippen LogP contribution in [0.2, 0.25) is 0 Å². The summed E-state index contributed by atoms with van der Waals surface area (Å²) < 4.78 is 37.3. The van der Waals surface area contributed by atoms with Crippen LogP contribution < -0.4 is 14.8 Å². The van der Waals surface area contributed by atoms with Crippen molar-refractivity contribution in [1.82, 2.24) is 9.62 Å². The molecule has 1 aliphatic heterocycles. The van der Waals surface area contributed by atoms with Gasteiger partial charge in [0, 0.05) is 25.7 Å². The molecule has 21 heavy (non-hydrogen) atoms. The van der Waals surface area contributed by atoms with Crippen LogP contribution in [0.5, 0.6) is 11.5 Å². The zero-order valence-electron chi connectivity index (χ0n) is 12.6. The minimum Gasteiger partial charge on any atom is -0.497 e. The number of hydrogen-bond donors (Lipinski definition) is 1. The Morgan fingerprint density at radius 1 is 1.29 bits per heavy atom. The standard InChI is InChI=1S/C14H22N2O4S/c1-16(11-5-4-8-15-10-11)21(17,18)14-7-6-12(19-2)9-13(14)20-3/h6-7,9,11,15H,4-5,8,10H2,1-3H3. The molecule has 118 valence electrons. The molecule has 7 heteroatoms. The number of sulfonamides is 1. The predicted octanol–water partition coefficient (Wildman–Crippen LogP) is 1.08. The molecule has 1 unspecified atom stereocenters.